The average molecular weight is 562 g/mol. The van der Waals surface area contributed by atoms with Crippen LogP contribution in [-0.4, -0.2) is 71.6 Å². The number of rotatable bonds is 12. The summed E-state index contributed by atoms with van der Waals surface area (Å²) >= 11 is 1.36. The molecule has 1 aliphatic rings. The van der Waals surface area contributed by atoms with E-state index in [1.165, 1.54) is 11.8 Å². The van der Waals surface area contributed by atoms with E-state index in [9.17, 15) is 19.5 Å². The van der Waals surface area contributed by atoms with Crippen LogP contribution in [0.3, 0.4) is 0 Å². The maximum Gasteiger partial charge on any atom is 0.344 e. The van der Waals surface area contributed by atoms with Crippen LogP contribution in [0.25, 0.3) is 0 Å². The van der Waals surface area contributed by atoms with Crippen molar-refractivity contribution in [2.75, 3.05) is 26.7 Å². The molecule has 1 aliphatic heterocycles. The highest BCUT2D eigenvalue weighted by Crippen LogP contribution is 2.38. The van der Waals surface area contributed by atoms with E-state index in [-0.39, 0.29) is 19.0 Å². The molecule has 0 bridgehead atoms. The van der Waals surface area contributed by atoms with Crippen molar-refractivity contribution in [1.29, 1.82) is 0 Å². The Hall–Kier alpha value is -3.50. The molecular weight excluding hydrogens is 526 g/mol. The van der Waals surface area contributed by atoms with Crippen LogP contribution < -0.4 is 10.6 Å². The molecule has 1 amide bonds. The third-order valence-corrected chi connectivity index (χ3v) is 8.07. The van der Waals surface area contributed by atoms with Crippen molar-refractivity contribution in [3.05, 3.63) is 102 Å². The molecule has 40 heavy (non-hydrogen) atoms. The number of thioether (sulfide) groups is 1. The number of likely N-dealkylation sites (N-methyl/N-ethyl adjacent to an activating group) is 1. The summed E-state index contributed by atoms with van der Waals surface area (Å²) in [7, 11) is 1.66. The standard InChI is InChI=1S/C31H35N3O5S/c1-34(22-28(36)39-30(38)31(18-11-19-32-31)40-25-16-9-4-10-17-25)21-27(35)26(20-23-12-5-2-6-13-23)33-29(37)24-14-7-3-8-15-24/h2-10,12-17,26-27,32,35H,11,18-22H2,1H3,(H,33,37)/t26?,27?,31-/m0/s1. The van der Waals surface area contributed by atoms with Crippen molar-refractivity contribution in [3.63, 3.8) is 0 Å². The SMILES string of the molecule is CN(CC(=O)OC(=O)[C@@]1(Sc2ccccc2)CCCN1)CC(O)C(Cc1ccccc1)NC(=O)c1ccccc1. The predicted octanol–water partition coefficient (Wildman–Crippen LogP) is 3.26. The van der Waals surface area contributed by atoms with Gasteiger partial charge in [0.15, 0.2) is 4.87 Å². The molecule has 8 nitrogen and oxygen atoms in total. The van der Waals surface area contributed by atoms with Gasteiger partial charge in [-0.2, -0.15) is 0 Å². The Bertz CT molecular complexity index is 1250. The van der Waals surface area contributed by atoms with Gasteiger partial charge in [0.2, 0.25) is 0 Å². The molecule has 0 aliphatic carbocycles. The summed E-state index contributed by atoms with van der Waals surface area (Å²) in [6, 6.07) is 27.3. The molecule has 210 valence electrons. The van der Waals surface area contributed by atoms with Gasteiger partial charge in [-0.1, -0.05) is 78.5 Å². The third-order valence-electron chi connectivity index (χ3n) is 6.70. The van der Waals surface area contributed by atoms with Gasteiger partial charge in [-0.25, -0.2) is 4.79 Å². The number of benzene rings is 3. The monoisotopic (exact) mass is 561 g/mol. The zero-order chi connectivity index (χ0) is 28.4. The maximum absolute atomic E-state index is 13.1. The molecule has 0 spiro atoms. The Kier molecular flexibility index (Phi) is 10.5. The number of carbonyl (C=O) groups excluding carboxylic acids is 3. The number of esters is 2. The fourth-order valence-corrected chi connectivity index (χ4v) is 5.89. The summed E-state index contributed by atoms with van der Waals surface area (Å²) in [4.78, 5) is 40.2. The molecule has 1 saturated heterocycles. The quantitative estimate of drug-likeness (QED) is 0.229. The van der Waals surface area contributed by atoms with E-state index in [1.54, 1.807) is 36.2 Å². The third kappa shape index (κ3) is 8.25. The number of hydrogen-bond donors (Lipinski definition) is 3. The molecule has 3 atom stereocenters. The fourth-order valence-electron chi connectivity index (χ4n) is 4.65. The first kappa shape index (κ1) is 29.5. The minimum atomic E-state index is -1.02. The van der Waals surface area contributed by atoms with Gasteiger partial charge < -0.3 is 15.2 Å². The highest BCUT2D eigenvalue weighted by atomic mass is 32.2. The Balaban J connectivity index is 1.35. The number of amides is 1. The number of nitrogens with one attached hydrogen (secondary N) is 2. The molecule has 3 aromatic carbocycles. The second kappa shape index (κ2) is 14.2. The number of ether oxygens (including phenoxy) is 1. The lowest BCUT2D eigenvalue weighted by Gasteiger charge is -2.28. The Morgan fingerprint density at radius 2 is 1.62 bits per heavy atom. The van der Waals surface area contributed by atoms with E-state index in [4.69, 9.17) is 4.74 Å². The second-order valence-corrected chi connectivity index (χ2v) is 11.3. The van der Waals surface area contributed by atoms with E-state index in [2.05, 4.69) is 10.6 Å². The summed E-state index contributed by atoms with van der Waals surface area (Å²) in [5.74, 6) is -1.61. The normalized spacial score (nSPS) is 18.2. The number of aliphatic hydroxyl groups is 1. The van der Waals surface area contributed by atoms with E-state index < -0.39 is 29.0 Å². The lowest BCUT2D eigenvalue weighted by molar-refractivity contribution is -0.162. The summed E-state index contributed by atoms with van der Waals surface area (Å²) in [5, 5.41) is 17.3. The minimum Gasteiger partial charge on any atom is -0.390 e. The van der Waals surface area contributed by atoms with Crippen molar-refractivity contribution >= 4 is 29.6 Å². The first-order valence-electron chi connectivity index (χ1n) is 13.4. The zero-order valence-electron chi connectivity index (χ0n) is 22.5. The topological polar surface area (TPSA) is 108 Å². The molecular formula is C31H35N3O5S. The van der Waals surface area contributed by atoms with Gasteiger partial charge in [0.25, 0.3) is 5.91 Å². The van der Waals surface area contributed by atoms with Gasteiger partial charge in [0.05, 0.1) is 18.7 Å². The van der Waals surface area contributed by atoms with Crippen LogP contribution in [0.5, 0.6) is 0 Å². The van der Waals surface area contributed by atoms with Gasteiger partial charge >= 0.3 is 11.9 Å². The number of hydrogen-bond acceptors (Lipinski definition) is 8. The molecule has 0 radical (unpaired) electrons. The Morgan fingerprint density at radius 3 is 2.25 bits per heavy atom. The van der Waals surface area contributed by atoms with E-state index in [1.807, 2.05) is 66.7 Å². The molecule has 1 fully saturated rings. The summed E-state index contributed by atoms with van der Waals surface area (Å²) in [6.45, 7) is 0.546. The number of nitrogens with zero attached hydrogens (tertiary/aromatic N) is 1. The van der Waals surface area contributed by atoms with Crippen LogP contribution in [0.15, 0.2) is 95.9 Å². The molecule has 9 heteroatoms. The van der Waals surface area contributed by atoms with Crippen molar-refractivity contribution in [2.45, 2.75) is 41.2 Å². The van der Waals surface area contributed by atoms with Gasteiger partial charge in [0.1, 0.15) is 0 Å². The van der Waals surface area contributed by atoms with Crippen LogP contribution in [0.4, 0.5) is 0 Å². The Morgan fingerprint density at radius 1 is 1.00 bits per heavy atom. The Labute approximate surface area is 239 Å². The molecule has 3 N–H and O–H groups in total. The minimum absolute atomic E-state index is 0.0814. The van der Waals surface area contributed by atoms with Crippen molar-refractivity contribution in [3.8, 4) is 0 Å². The van der Waals surface area contributed by atoms with Crippen LogP contribution in [-0.2, 0) is 20.7 Å². The van der Waals surface area contributed by atoms with Crippen molar-refractivity contribution in [1.82, 2.24) is 15.5 Å². The lowest BCUT2D eigenvalue weighted by Crippen LogP contribution is -2.50. The molecule has 2 unspecified atom stereocenters. The van der Waals surface area contributed by atoms with Gasteiger partial charge in [-0.3, -0.25) is 19.8 Å². The van der Waals surface area contributed by atoms with E-state index >= 15 is 0 Å². The smallest absolute Gasteiger partial charge is 0.344 e. The first-order chi connectivity index (χ1) is 19.3. The van der Waals surface area contributed by atoms with Crippen LogP contribution in [0.2, 0.25) is 0 Å². The molecule has 3 aromatic rings. The summed E-state index contributed by atoms with van der Waals surface area (Å²) in [5.41, 5.74) is 1.45. The van der Waals surface area contributed by atoms with Gasteiger partial charge in [0, 0.05) is 17.0 Å². The van der Waals surface area contributed by atoms with Crippen LogP contribution in [0, 0.1) is 0 Å². The first-order valence-corrected chi connectivity index (χ1v) is 14.2. The number of carbonyl (C=O) groups is 3. The second-order valence-electron chi connectivity index (χ2n) is 9.93. The summed E-state index contributed by atoms with van der Waals surface area (Å²) in [6.07, 6.45) is 0.766. The van der Waals surface area contributed by atoms with Crippen LogP contribution in [0.1, 0.15) is 28.8 Å². The molecule has 0 aromatic heterocycles. The number of aliphatic hydroxyl groups excluding tert-OH is 1. The van der Waals surface area contributed by atoms with Gasteiger partial charge in [-0.15, -0.1) is 0 Å². The van der Waals surface area contributed by atoms with Gasteiger partial charge in [-0.05, 0) is 62.7 Å². The lowest BCUT2D eigenvalue weighted by atomic mass is 10.00. The largest absolute Gasteiger partial charge is 0.390 e. The summed E-state index contributed by atoms with van der Waals surface area (Å²) < 4.78 is 5.29. The molecule has 1 heterocycles. The predicted molar refractivity (Wildman–Crippen MR) is 155 cm³/mol. The van der Waals surface area contributed by atoms with E-state index in [0.717, 1.165) is 16.9 Å². The molecule has 0 saturated carbocycles. The van der Waals surface area contributed by atoms with Crippen molar-refractivity contribution in [2.24, 2.45) is 0 Å². The molecule has 4 rings (SSSR count). The fraction of sp³-hybridized carbons (Fsp3) is 0.323. The van der Waals surface area contributed by atoms with E-state index in [0.29, 0.717) is 24.9 Å². The highest BCUT2D eigenvalue weighted by molar-refractivity contribution is 8.01. The zero-order valence-corrected chi connectivity index (χ0v) is 23.3. The van der Waals surface area contributed by atoms with Crippen LogP contribution >= 0.6 is 11.8 Å². The van der Waals surface area contributed by atoms with Crippen molar-refractivity contribution < 1.29 is 24.2 Å². The average Bonchev–Trinajstić information content (AvgIpc) is 3.43. The maximum atomic E-state index is 13.1. The highest BCUT2D eigenvalue weighted by Gasteiger charge is 2.44.